The van der Waals surface area contributed by atoms with E-state index in [1.54, 1.807) is 39.2 Å². The number of carbonyl (C=O) groups excluding carboxylic acids is 1. The van der Waals surface area contributed by atoms with Gasteiger partial charge in [-0.1, -0.05) is 18.2 Å². The molecule has 2 aromatic heterocycles. The fourth-order valence-corrected chi connectivity index (χ4v) is 4.81. The van der Waals surface area contributed by atoms with Gasteiger partial charge in [-0.3, -0.25) is 9.59 Å². The predicted molar refractivity (Wildman–Crippen MR) is 132 cm³/mol. The first-order valence-corrected chi connectivity index (χ1v) is 11.3. The van der Waals surface area contributed by atoms with Crippen LogP contribution in [0.5, 0.6) is 5.75 Å². The van der Waals surface area contributed by atoms with Crippen LogP contribution in [0.15, 0.2) is 59.7 Å². The van der Waals surface area contributed by atoms with E-state index in [4.69, 9.17) is 0 Å². The Kier molecular flexibility index (Phi) is 5.36. The summed E-state index contributed by atoms with van der Waals surface area (Å²) in [6, 6.07) is 13.5. The molecule has 8 heteroatoms. The molecular formula is C26H27N5O3. The van der Waals surface area contributed by atoms with E-state index in [-0.39, 0.29) is 23.3 Å². The highest BCUT2D eigenvalue weighted by Gasteiger charge is 2.27. The third-order valence-corrected chi connectivity index (χ3v) is 6.73. The lowest BCUT2D eigenvalue weighted by atomic mass is 9.98. The number of nitrogens with one attached hydrogen (secondary N) is 1. The Hall–Kier alpha value is -4.07. The van der Waals surface area contributed by atoms with Gasteiger partial charge in [0.15, 0.2) is 0 Å². The molecule has 0 bridgehead atoms. The third-order valence-electron chi connectivity index (χ3n) is 6.73. The summed E-state index contributed by atoms with van der Waals surface area (Å²) in [7, 11) is 1.62. The van der Waals surface area contributed by atoms with Crippen LogP contribution in [0.25, 0.3) is 22.0 Å². The molecular weight excluding hydrogens is 430 g/mol. The molecule has 2 N–H and O–H groups in total. The van der Waals surface area contributed by atoms with Crippen molar-refractivity contribution in [2.75, 3.05) is 18.4 Å². The van der Waals surface area contributed by atoms with Crippen LogP contribution >= 0.6 is 0 Å². The fourth-order valence-electron chi connectivity index (χ4n) is 4.81. The molecule has 1 atom stereocenters. The molecule has 174 valence electrons. The first-order chi connectivity index (χ1) is 16.3. The van der Waals surface area contributed by atoms with E-state index in [9.17, 15) is 14.7 Å². The number of nitrogens with zero attached hydrogens (tertiary/aromatic N) is 4. The van der Waals surface area contributed by atoms with E-state index < -0.39 is 0 Å². The van der Waals surface area contributed by atoms with Gasteiger partial charge in [0.25, 0.3) is 5.56 Å². The highest BCUT2D eigenvalue weighted by atomic mass is 16.3. The summed E-state index contributed by atoms with van der Waals surface area (Å²) in [6.07, 6.45) is 4.58. The van der Waals surface area contributed by atoms with Gasteiger partial charge in [-0.25, -0.2) is 4.68 Å². The number of aromatic nitrogens is 3. The number of benzene rings is 2. The van der Waals surface area contributed by atoms with Crippen LogP contribution in [0.1, 0.15) is 24.9 Å². The fraction of sp³-hybridized carbons (Fsp3) is 0.269. The van der Waals surface area contributed by atoms with Crippen LogP contribution in [0.3, 0.4) is 0 Å². The summed E-state index contributed by atoms with van der Waals surface area (Å²) in [5.74, 6) is 0.270. The molecule has 1 fully saturated rings. The number of anilines is 2. The summed E-state index contributed by atoms with van der Waals surface area (Å²) in [6.45, 7) is 4.81. The molecule has 34 heavy (non-hydrogen) atoms. The van der Waals surface area contributed by atoms with Crippen molar-refractivity contribution < 1.29 is 9.90 Å². The lowest BCUT2D eigenvalue weighted by Crippen LogP contribution is -2.26. The van der Waals surface area contributed by atoms with Gasteiger partial charge < -0.3 is 19.9 Å². The van der Waals surface area contributed by atoms with E-state index >= 15 is 0 Å². The monoisotopic (exact) mass is 457 g/mol. The van der Waals surface area contributed by atoms with Crippen molar-refractivity contribution in [2.45, 2.75) is 26.3 Å². The van der Waals surface area contributed by atoms with Gasteiger partial charge in [0.2, 0.25) is 5.91 Å². The minimum Gasteiger partial charge on any atom is -0.507 e. The third kappa shape index (κ3) is 3.61. The topological polar surface area (TPSA) is 92.4 Å². The van der Waals surface area contributed by atoms with Crippen molar-refractivity contribution in [2.24, 2.45) is 7.05 Å². The maximum Gasteiger partial charge on any atom is 0.271 e. The molecule has 2 aromatic carbocycles. The van der Waals surface area contributed by atoms with E-state index in [1.807, 2.05) is 35.2 Å². The highest BCUT2D eigenvalue weighted by Crippen LogP contribution is 2.42. The average molecular weight is 458 g/mol. The van der Waals surface area contributed by atoms with Crippen LogP contribution in [0, 0.1) is 6.92 Å². The second-order valence-electron chi connectivity index (χ2n) is 8.81. The zero-order valence-electron chi connectivity index (χ0n) is 19.4. The Morgan fingerprint density at radius 3 is 2.68 bits per heavy atom. The number of hydrogen-bond donors (Lipinski definition) is 2. The number of para-hydroxylation sites is 1. The molecule has 0 spiro atoms. The van der Waals surface area contributed by atoms with Crippen LogP contribution in [-0.2, 0) is 11.8 Å². The van der Waals surface area contributed by atoms with Gasteiger partial charge >= 0.3 is 0 Å². The molecule has 1 aliphatic rings. The summed E-state index contributed by atoms with van der Waals surface area (Å²) in [5.41, 5.74) is 4.34. The summed E-state index contributed by atoms with van der Waals surface area (Å²) in [5, 5.41) is 19.2. The van der Waals surface area contributed by atoms with Crippen molar-refractivity contribution in [3.63, 3.8) is 0 Å². The molecule has 8 nitrogen and oxygen atoms in total. The number of aryl methyl sites for hydroxylation is 1. The standard InChI is InChI=1S/C26H27N5O3/c1-16-22(14-27-29(3)26(16)34)28-21-8-9-23-19(25(21)20-6-4-5-7-24(20)33)11-13-31(23)18-10-12-30(15-18)17(2)32/h4-9,11,13-14,18,28,33H,10,12,15H2,1-3H3. The van der Waals surface area contributed by atoms with Crippen molar-refractivity contribution in [1.29, 1.82) is 0 Å². The molecule has 1 aliphatic heterocycles. The van der Waals surface area contributed by atoms with Crippen molar-refractivity contribution >= 4 is 28.2 Å². The number of carbonyl (C=O) groups is 1. The Morgan fingerprint density at radius 2 is 1.94 bits per heavy atom. The lowest BCUT2D eigenvalue weighted by molar-refractivity contribution is -0.127. The van der Waals surface area contributed by atoms with Crippen molar-refractivity contribution in [3.8, 4) is 16.9 Å². The molecule has 3 heterocycles. The van der Waals surface area contributed by atoms with Gasteiger partial charge in [-0.2, -0.15) is 5.10 Å². The Balaban J connectivity index is 1.66. The van der Waals surface area contributed by atoms with Crippen molar-refractivity contribution in [3.05, 3.63) is 70.8 Å². The van der Waals surface area contributed by atoms with Crippen LogP contribution in [0.4, 0.5) is 11.4 Å². The quantitative estimate of drug-likeness (QED) is 0.484. The summed E-state index contributed by atoms with van der Waals surface area (Å²) < 4.78 is 3.52. The number of likely N-dealkylation sites (tertiary alicyclic amines) is 1. The predicted octanol–water partition coefficient (Wildman–Crippen LogP) is 3.95. The average Bonchev–Trinajstić information content (AvgIpc) is 3.47. The second kappa shape index (κ2) is 8.37. The minimum atomic E-state index is -0.169. The number of aromatic hydroxyl groups is 1. The van der Waals surface area contributed by atoms with Crippen LogP contribution in [0.2, 0.25) is 0 Å². The maximum atomic E-state index is 12.4. The largest absolute Gasteiger partial charge is 0.507 e. The molecule has 1 saturated heterocycles. The van der Waals surface area contributed by atoms with Crippen LogP contribution < -0.4 is 10.9 Å². The SMILES string of the molecule is CC(=O)N1CCC(n2ccc3c(-c4ccccc4O)c(Nc4cnn(C)c(=O)c4C)ccc32)C1. The smallest absolute Gasteiger partial charge is 0.271 e. The van der Waals surface area contributed by atoms with Crippen molar-refractivity contribution in [1.82, 2.24) is 19.2 Å². The number of phenols is 1. The first-order valence-electron chi connectivity index (χ1n) is 11.3. The van der Waals surface area contributed by atoms with Gasteiger partial charge in [-0.15, -0.1) is 0 Å². The van der Waals surface area contributed by atoms with E-state index in [0.29, 0.717) is 23.4 Å². The Labute approximate surface area is 197 Å². The number of amides is 1. The number of phenolic OH excluding ortho intramolecular Hbond substituents is 1. The van der Waals surface area contributed by atoms with E-state index in [2.05, 4.69) is 21.2 Å². The molecule has 0 saturated carbocycles. The van der Waals surface area contributed by atoms with Gasteiger partial charge in [0.1, 0.15) is 5.75 Å². The Bertz CT molecular complexity index is 1470. The second-order valence-corrected chi connectivity index (χ2v) is 8.81. The van der Waals surface area contributed by atoms with E-state index in [0.717, 1.165) is 35.1 Å². The molecule has 1 amide bonds. The minimum absolute atomic E-state index is 0.0957. The normalized spacial score (nSPS) is 15.7. The molecule has 1 unspecified atom stereocenters. The zero-order chi connectivity index (χ0) is 24.0. The van der Waals surface area contributed by atoms with Gasteiger partial charge in [0.05, 0.1) is 17.9 Å². The number of rotatable bonds is 4. The van der Waals surface area contributed by atoms with Gasteiger partial charge in [0, 0.05) is 66.5 Å². The number of fused-ring (bicyclic) bond motifs is 1. The first kappa shape index (κ1) is 21.8. The van der Waals surface area contributed by atoms with Crippen LogP contribution in [-0.4, -0.2) is 43.4 Å². The molecule has 4 aromatic rings. The van der Waals surface area contributed by atoms with E-state index in [1.165, 1.54) is 4.68 Å². The molecule has 5 rings (SSSR count). The highest BCUT2D eigenvalue weighted by molar-refractivity contribution is 6.04. The molecule has 0 aliphatic carbocycles. The lowest BCUT2D eigenvalue weighted by Gasteiger charge is -2.19. The maximum absolute atomic E-state index is 12.4. The summed E-state index contributed by atoms with van der Waals surface area (Å²) >= 11 is 0. The number of hydrogen-bond acceptors (Lipinski definition) is 5. The van der Waals surface area contributed by atoms with Gasteiger partial charge in [-0.05, 0) is 37.6 Å². The Morgan fingerprint density at radius 1 is 1.15 bits per heavy atom. The summed E-state index contributed by atoms with van der Waals surface area (Å²) in [4.78, 5) is 26.1. The molecule has 0 radical (unpaired) electrons. The zero-order valence-corrected chi connectivity index (χ0v) is 19.4.